The second-order valence-corrected chi connectivity index (χ2v) is 7.13. The van der Waals surface area contributed by atoms with E-state index in [1.54, 1.807) is 0 Å². The summed E-state index contributed by atoms with van der Waals surface area (Å²) in [5.74, 6) is 1.05. The van der Waals surface area contributed by atoms with Crippen molar-refractivity contribution in [2.75, 3.05) is 13.1 Å². The molecular formula is C20H23NO2. The van der Waals surface area contributed by atoms with Gasteiger partial charge in [-0.25, -0.2) is 0 Å². The summed E-state index contributed by atoms with van der Waals surface area (Å²) < 4.78 is 0. The molecule has 1 aliphatic heterocycles. The summed E-state index contributed by atoms with van der Waals surface area (Å²) in [5, 5.41) is 12.2. The lowest BCUT2D eigenvalue weighted by atomic mass is 10.0. The van der Waals surface area contributed by atoms with Gasteiger partial charge < -0.3 is 10.0 Å². The Morgan fingerprint density at radius 1 is 1.22 bits per heavy atom. The lowest BCUT2D eigenvalue weighted by Crippen LogP contribution is -2.31. The molecular weight excluding hydrogens is 286 g/mol. The smallest absolute Gasteiger partial charge is 0.226 e. The number of amides is 1. The molecule has 1 N–H and O–H groups in total. The van der Waals surface area contributed by atoms with Gasteiger partial charge in [-0.2, -0.15) is 0 Å². The molecule has 4 atom stereocenters. The van der Waals surface area contributed by atoms with Crippen LogP contribution in [-0.2, 0) is 4.79 Å². The molecule has 2 aromatic rings. The zero-order valence-electron chi connectivity index (χ0n) is 13.5. The van der Waals surface area contributed by atoms with E-state index in [0.29, 0.717) is 5.92 Å². The number of carbonyl (C=O) groups is 1. The fourth-order valence-corrected chi connectivity index (χ4v) is 3.89. The van der Waals surface area contributed by atoms with E-state index in [1.807, 2.05) is 11.8 Å². The number of hydrogen-bond acceptors (Lipinski definition) is 2. The van der Waals surface area contributed by atoms with Crippen molar-refractivity contribution in [3.63, 3.8) is 0 Å². The van der Waals surface area contributed by atoms with Gasteiger partial charge in [-0.1, -0.05) is 42.5 Å². The fraction of sp³-hybridized carbons (Fsp3) is 0.450. The number of aliphatic hydroxyl groups excluding tert-OH is 1. The number of aliphatic hydroxyl groups is 1. The average Bonchev–Trinajstić information content (AvgIpc) is 3.21. The number of fused-ring (bicyclic) bond motifs is 1. The third-order valence-corrected chi connectivity index (χ3v) is 5.53. The van der Waals surface area contributed by atoms with Gasteiger partial charge in [0.25, 0.3) is 0 Å². The minimum Gasteiger partial charge on any atom is -0.393 e. The Labute approximate surface area is 136 Å². The zero-order valence-corrected chi connectivity index (χ0v) is 13.5. The quantitative estimate of drug-likeness (QED) is 0.946. The summed E-state index contributed by atoms with van der Waals surface area (Å²) in [6.45, 7) is 3.35. The highest BCUT2D eigenvalue weighted by Gasteiger charge is 2.47. The minimum absolute atomic E-state index is 0.143. The Bertz CT molecular complexity index is 739. The van der Waals surface area contributed by atoms with Crippen LogP contribution in [0.25, 0.3) is 10.8 Å². The molecule has 4 unspecified atom stereocenters. The van der Waals surface area contributed by atoms with Crippen LogP contribution >= 0.6 is 0 Å². The Balaban J connectivity index is 1.45. The first-order valence-corrected chi connectivity index (χ1v) is 8.59. The number of carbonyl (C=O) groups excluding carboxylic acids is 1. The zero-order chi connectivity index (χ0) is 16.0. The van der Waals surface area contributed by atoms with E-state index in [0.717, 1.165) is 25.9 Å². The predicted octanol–water partition coefficient (Wildman–Crippen LogP) is 3.17. The van der Waals surface area contributed by atoms with Crippen LogP contribution < -0.4 is 0 Å². The average molecular weight is 309 g/mol. The molecule has 1 saturated heterocycles. The molecule has 1 amide bonds. The minimum atomic E-state index is -0.316. The van der Waals surface area contributed by atoms with Crippen LogP contribution in [-0.4, -0.2) is 35.1 Å². The standard InChI is InChI=1S/C20H23NO2/c1-13(22)17-8-9-21(12-17)20(23)19-11-18(19)16-7-6-14-4-2-3-5-15(14)10-16/h2-7,10,13,17-19,22H,8-9,11-12H2,1H3. The van der Waals surface area contributed by atoms with Gasteiger partial charge in [0.05, 0.1) is 6.10 Å². The maximum atomic E-state index is 12.7. The second-order valence-electron chi connectivity index (χ2n) is 7.13. The van der Waals surface area contributed by atoms with Gasteiger partial charge >= 0.3 is 0 Å². The van der Waals surface area contributed by atoms with Crippen molar-refractivity contribution in [3.8, 4) is 0 Å². The SMILES string of the molecule is CC(O)C1CCN(C(=O)C2CC2c2ccc3ccccc3c2)C1. The van der Waals surface area contributed by atoms with Crippen molar-refractivity contribution < 1.29 is 9.90 Å². The van der Waals surface area contributed by atoms with Crippen LogP contribution in [0, 0.1) is 11.8 Å². The van der Waals surface area contributed by atoms with Crippen molar-refractivity contribution in [3.05, 3.63) is 48.0 Å². The third kappa shape index (κ3) is 2.74. The molecule has 1 aliphatic carbocycles. The first kappa shape index (κ1) is 14.7. The van der Waals surface area contributed by atoms with E-state index < -0.39 is 0 Å². The summed E-state index contributed by atoms with van der Waals surface area (Å²) in [7, 11) is 0. The van der Waals surface area contributed by atoms with Gasteiger partial charge in [0.1, 0.15) is 0 Å². The van der Waals surface area contributed by atoms with Gasteiger partial charge in [0.2, 0.25) is 5.91 Å². The Kier molecular flexibility index (Phi) is 3.61. The number of likely N-dealkylation sites (tertiary alicyclic amines) is 1. The molecule has 3 heteroatoms. The highest BCUT2D eigenvalue weighted by molar-refractivity contribution is 5.86. The van der Waals surface area contributed by atoms with Crippen LogP contribution in [0.15, 0.2) is 42.5 Å². The maximum Gasteiger partial charge on any atom is 0.226 e. The number of hydrogen-bond donors (Lipinski definition) is 1. The highest BCUT2D eigenvalue weighted by atomic mass is 16.3. The molecule has 0 aromatic heterocycles. The van der Waals surface area contributed by atoms with Crippen LogP contribution in [0.2, 0.25) is 0 Å². The van der Waals surface area contributed by atoms with E-state index in [4.69, 9.17) is 0 Å². The van der Waals surface area contributed by atoms with Crippen LogP contribution in [0.3, 0.4) is 0 Å². The molecule has 0 bridgehead atoms. The van der Waals surface area contributed by atoms with Crippen molar-refractivity contribution in [1.29, 1.82) is 0 Å². The number of rotatable bonds is 3. The molecule has 120 valence electrons. The van der Waals surface area contributed by atoms with E-state index >= 15 is 0 Å². The molecule has 2 aliphatic rings. The van der Waals surface area contributed by atoms with Crippen molar-refractivity contribution in [2.45, 2.75) is 31.8 Å². The lowest BCUT2D eigenvalue weighted by molar-refractivity contribution is -0.131. The summed E-state index contributed by atoms with van der Waals surface area (Å²) in [6.07, 6.45) is 1.58. The molecule has 1 saturated carbocycles. The number of nitrogens with zero attached hydrogens (tertiary/aromatic N) is 1. The van der Waals surface area contributed by atoms with Gasteiger partial charge in [-0.15, -0.1) is 0 Å². The summed E-state index contributed by atoms with van der Waals surface area (Å²) in [5.41, 5.74) is 1.29. The molecule has 3 nitrogen and oxygen atoms in total. The molecule has 2 aromatic carbocycles. The van der Waals surface area contributed by atoms with E-state index in [1.165, 1.54) is 16.3 Å². The Morgan fingerprint density at radius 2 is 2.00 bits per heavy atom. The molecule has 0 radical (unpaired) electrons. The predicted molar refractivity (Wildman–Crippen MR) is 91.2 cm³/mol. The fourth-order valence-electron chi connectivity index (χ4n) is 3.89. The normalized spacial score (nSPS) is 28.1. The summed E-state index contributed by atoms with van der Waals surface area (Å²) in [4.78, 5) is 14.6. The van der Waals surface area contributed by atoms with Crippen LogP contribution in [0.5, 0.6) is 0 Å². The van der Waals surface area contributed by atoms with Crippen LogP contribution in [0.4, 0.5) is 0 Å². The largest absolute Gasteiger partial charge is 0.393 e. The van der Waals surface area contributed by atoms with Gasteiger partial charge in [-0.05, 0) is 42.0 Å². The summed E-state index contributed by atoms with van der Waals surface area (Å²) in [6, 6.07) is 14.9. The molecule has 0 spiro atoms. The van der Waals surface area contributed by atoms with Gasteiger partial charge in [0.15, 0.2) is 0 Å². The Morgan fingerprint density at radius 3 is 2.74 bits per heavy atom. The van der Waals surface area contributed by atoms with E-state index in [2.05, 4.69) is 42.5 Å². The Hall–Kier alpha value is -1.87. The van der Waals surface area contributed by atoms with Crippen molar-refractivity contribution in [1.82, 2.24) is 4.90 Å². The van der Waals surface area contributed by atoms with E-state index in [9.17, 15) is 9.90 Å². The first-order valence-electron chi connectivity index (χ1n) is 8.59. The highest BCUT2D eigenvalue weighted by Crippen LogP contribution is 2.49. The van der Waals surface area contributed by atoms with Crippen molar-refractivity contribution >= 4 is 16.7 Å². The topological polar surface area (TPSA) is 40.5 Å². The van der Waals surface area contributed by atoms with Gasteiger partial charge in [0, 0.05) is 24.9 Å². The maximum absolute atomic E-state index is 12.7. The molecule has 1 heterocycles. The van der Waals surface area contributed by atoms with Gasteiger partial charge in [-0.3, -0.25) is 4.79 Å². The lowest BCUT2D eigenvalue weighted by Gasteiger charge is -2.18. The first-order chi connectivity index (χ1) is 11.1. The van der Waals surface area contributed by atoms with Crippen LogP contribution in [0.1, 0.15) is 31.2 Å². The monoisotopic (exact) mass is 309 g/mol. The molecule has 23 heavy (non-hydrogen) atoms. The molecule has 4 rings (SSSR count). The third-order valence-electron chi connectivity index (χ3n) is 5.53. The van der Waals surface area contributed by atoms with E-state index in [-0.39, 0.29) is 23.8 Å². The van der Waals surface area contributed by atoms with Crippen molar-refractivity contribution in [2.24, 2.45) is 11.8 Å². The summed E-state index contributed by atoms with van der Waals surface area (Å²) >= 11 is 0. The molecule has 2 fully saturated rings. The number of benzene rings is 2. The second kappa shape index (κ2) is 5.64.